The third kappa shape index (κ3) is 5.69. The Bertz CT molecular complexity index is 1230. The standard InChI is InChI=1S/C30H44IN3O10/c1-12-11-29(6,44-31)23(42-28-22(37)17(34(7)8)9-10-40-28)14(3)21(36)15(4)26(38)41-24-16(5)30(24)19(13(2)20(12)35)18(25(32)33)27(39)43-30/h9-10,12-19,22-24,28,37H,11H2,1-8H3,(H3,32,33)/t12-,13-,14+,15-,16?,17?,18?,19?,22?,23-,24+,28?,29-,30+/m1/s1. The van der Waals surface area contributed by atoms with Crippen LogP contribution in [0.2, 0.25) is 0 Å². The van der Waals surface area contributed by atoms with E-state index in [2.05, 4.69) is 0 Å². The summed E-state index contributed by atoms with van der Waals surface area (Å²) < 4.78 is 29.6. The molecule has 3 fully saturated rings. The van der Waals surface area contributed by atoms with Gasteiger partial charge < -0.3 is 37.8 Å². The highest BCUT2D eigenvalue weighted by Gasteiger charge is 2.79. The van der Waals surface area contributed by atoms with Gasteiger partial charge >= 0.3 is 11.9 Å². The molecule has 1 saturated carbocycles. The van der Waals surface area contributed by atoms with Crippen LogP contribution >= 0.6 is 23.0 Å². The molecule has 14 heteroatoms. The van der Waals surface area contributed by atoms with Crippen molar-refractivity contribution in [1.82, 2.24) is 4.90 Å². The number of aliphatic hydroxyl groups is 1. The van der Waals surface area contributed by atoms with Crippen LogP contribution in [0.3, 0.4) is 0 Å². The number of hydrogen-bond donors (Lipinski definition) is 3. The number of ketones is 2. The lowest BCUT2D eigenvalue weighted by atomic mass is 9.71. The van der Waals surface area contributed by atoms with Gasteiger partial charge in [-0.2, -0.15) is 0 Å². The summed E-state index contributed by atoms with van der Waals surface area (Å²) in [6.07, 6.45) is -1.12. The first kappa shape index (κ1) is 34.7. The molecule has 0 aromatic carbocycles. The van der Waals surface area contributed by atoms with E-state index in [-0.39, 0.29) is 12.2 Å². The number of carbonyl (C=O) groups is 4. The van der Waals surface area contributed by atoms with Gasteiger partial charge in [0.05, 0.1) is 12.3 Å². The van der Waals surface area contributed by atoms with Crippen molar-refractivity contribution in [3.63, 3.8) is 0 Å². The molecule has 2 saturated heterocycles. The highest BCUT2D eigenvalue weighted by molar-refractivity contribution is 14.1. The Morgan fingerprint density at radius 2 is 1.73 bits per heavy atom. The topological polar surface area (TPSA) is 188 Å². The van der Waals surface area contributed by atoms with Gasteiger partial charge in [-0.3, -0.25) is 24.6 Å². The van der Waals surface area contributed by atoms with Crippen molar-refractivity contribution in [2.75, 3.05) is 14.1 Å². The van der Waals surface area contributed by atoms with E-state index < -0.39 is 107 Å². The molecule has 0 bridgehead atoms. The van der Waals surface area contributed by atoms with Crippen LogP contribution in [0.5, 0.6) is 0 Å². The number of amidine groups is 1. The molecule has 0 aromatic heterocycles. The molecule has 6 unspecified atom stereocenters. The Hall–Kier alpha value is -2.14. The average Bonchev–Trinajstić information content (AvgIpc) is 3.34. The van der Waals surface area contributed by atoms with Crippen molar-refractivity contribution in [1.29, 1.82) is 5.41 Å². The van der Waals surface area contributed by atoms with Gasteiger partial charge in [-0.1, -0.05) is 27.7 Å². The molecule has 0 aromatic rings. The number of rotatable bonds is 5. The van der Waals surface area contributed by atoms with E-state index in [4.69, 9.17) is 33.2 Å². The first-order valence-electron chi connectivity index (χ1n) is 14.9. The third-order valence-electron chi connectivity index (χ3n) is 10.1. The number of nitrogens with one attached hydrogen (secondary N) is 1. The predicted octanol–water partition coefficient (Wildman–Crippen LogP) is 1.77. The molecule has 3 aliphatic heterocycles. The van der Waals surface area contributed by atoms with E-state index >= 15 is 0 Å². The fourth-order valence-corrected chi connectivity index (χ4v) is 8.00. The quantitative estimate of drug-likeness (QED) is 0.122. The Labute approximate surface area is 271 Å². The smallest absolute Gasteiger partial charge is 0.317 e. The summed E-state index contributed by atoms with van der Waals surface area (Å²) in [5.74, 6) is -8.97. The van der Waals surface area contributed by atoms with Gasteiger partial charge in [-0.25, -0.2) is 0 Å². The van der Waals surface area contributed by atoms with Crippen LogP contribution in [-0.2, 0) is 41.2 Å². The van der Waals surface area contributed by atoms with E-state index in [9.17, 15) is 24.3 Å². The summed E-state index contributed by atoms with van der Waals surface area (Å²) in [4.78, 5) is 56.2. The van der Waals surface area contributed by atoms with Crippen LogP contribution in [0.15, 0.2) is 12.3 Å². The molecule has 246 valence electrons. The molecule has 4 aliphatic rings. The molecule has 44 heavy (non-hydrogen) atoms. The third-order valence-corrected chi connectivity index (χ3v) is 11.1. The highest BCUT2D eigenvalue weighted by atomic mass is 127. The summed E-state index contributed by atoms with van der Waals surface area (Å²) in [5, 5.41) is 19.2. The molecular formula is C30H44IN3O10. The minimum atomic E-state index is -1.34. The number of Topliss-reactive ketones (excluding diaryl/α,β-unsaturated/α-hetero) is 2. The number of carbonyl (C=O) groups excluding carboxylic acids is 4. The zero-order chi connectivity index (χ0) is 33.0. The van der Waals surface area contributed by atoms with E-state index in [0.717, 1.165) is 0 Å². The molecule has 0 radical (unpaired) electrons. The van der Waals surface area contributed by atoms with Crippen molar-refractivity contribution < 1.29 is 46.3 Å². The number of nitrogens with two attached hydrogens (primary N) is 1. The SMILES string of the molecule is CC1[C@@H]2OC(=O)[C@H](C)C(=O)[C@H](C)[C@@H](OC3OC=CC(N(C)C)C3O)[C@](C)(OI)C[C@@H](C)C(=O)[C@H](C)C3C(C(=N)N)C(=O)O[C@]312. The van der Waals surface area contributed by atoms with Gasteiger partial charge in [0.1, 0.15) is 70.4 Å². The van der Waals surface area contributed by atoms with Crippen LogP contribution in [0.4, 0.5) is 0 Å². The van der Waals surface area contributed by atoms with Crippen LogP contribution in [0.1, 0.15) is 48.0 Å². The van der Waals surface area contributed by atoms with E-state index in [1.54, 1.807) is 82.7 Å². The molecule has 4 N–H and O–H groups in total. The van der Waals surface area contributed by atoms with Gasteiger partial charge in [-0.15, -0.1) is 0 Å². The molecule has 4 rings (SSSR count). The molecule has 1 spiro atoms. The zero-order valence-corrected chi connectivity index (χ0v) is 28.5. The van der Waals surface area contributed by atoms with Crippen LogP contribution < -0.4 is 5.73 Å². The highest BCUT2D eigenvalue weighted by Crippen LogP contribution is 2.62. The van der Waals surface area contributed by atoms with Gasteiger partial charge in [0.15, 0.2) is 11.4 Å². The largest absolute Gasteiger partial charge is 0.470 e. The Balaban J connectivity index is 1.77. The van der Waals surface area contributed by atoms with Gasteiger partial charge in [0.2, 0.25) is 6.29 Å². The number of ether oxygens (including phenoxy) is 4. The number of nitrogens with zero attached hydrogens (tertiary/aromatic N) is 1. The van der Waals surface area contributed by atoms with E-state index in [1.165, 1.54) is 13.2 Å². The number of halogens is 1. The summed E-state index contributed by atoms with van der Waals surface area (Å²) in [6, 6.07) is -0.438. The van der Waals surface area contributed by atoms with Crippen molar-refractivity contribution in [2.24, 2.45) is 47.2 Å². The second kappa shape index (κ2) is 12.6. The Morgan fingerprint density at radius 3 is 2.30 bits per heavy atom. The van der Waals surface area contributed by atoms with E-state index in [1.807, 2.05) is 0 Å². The molecule has 1 aliphatic carbocycles. The fraction of sp³-hybridized carbons (Fsp3) is 0.767. The van der Waals surface area contributed by atoms with Gasteiger partial charge in [0, 0.05) is 29.6 Å². The average molecular weight is 734 g/mol. The predicted molar refractivity (Wildman–Crippen MR) is 164 cm³/mol. The maximum absolute atomic E-state index is 14.1. The summed E-state index contributed by atoms with van der Waals surface area (Å²) in [7, 11) is 3.59. The molecule has 13 nitrogen and oxygen atoms in total. The normalized spacial score (nSPS) is 46.3. The summed E-state index contributed by atoms with van der Waals surface area (Å²) in [6.45, 7) is 9.88. The monoisotopic (exact) mass is 733 g/mol. The molecule has 3 heterocycles. The second-order valence-corrected chi connectivity index (χ2v) is 13.8. The zero-order valence-electron chi connectivity index (χ0n) is 26.3. The lowest BCUT2D eigenvalue weighted by molar-refractivity contribution is -0.242. The van der Waals surface area contributed by atoms with E-state index in [0.29, 0.717) is 0 Å². The van der Waals surface area contributed by atoms with Crippen LogP contribution in [0, 0.1) is 46.8 Å². The first-order valence-corrected chi connectivity index (χ1v) is 15.8. The summed E-state index contributed by atoms with van der Waals surface area (Å²) in [5.41, 5.74) is 3.22. The van der Waals surface area contributed by atoms with Crippen molar-refractivity contribution in [2.45, 2.75) is 89.8 Å². The maximum Gasteiger partial charge on any atom is 0.317 e. The number of likely N-dealkylation sites (N-methyl/N-ethyl adjacent to an activating group) is 1. The lowest BCUT2D eigenvalue weighted by Crippen LogP contribution is -2.56. The Kier molecular flexibility index (Phi) is 9.92. The van der Waals surface area contributed by atoms with Crippen molar-refractivity contribution in [3.05, 3.63) is 12.3 Å². The molecule has 0 amide bonds. The number of hydrogen-bond acceptors (Lipinski definition) is 12. The minimum absolute atomic E-state index is 0.0776. The minimum Gasteiger partial charge on any atom is -0.470 e. The van der Waals surface area contributed by atoms with Crippen LogP contribution in [-0.4, -0.2) is 95.3 Å². The van der Waals surface area contributed by atoms with Gasteiger partial charge in [-0.05, 0) is 40.4 Å². The molecule has 14 atom stereocenters. The molecular weight excluding hydrogens is 689 g/mol. The first-order chi connectivity index (χ1) is 20.4. The lowest BCUT2D eigenvalue weighted by Gasteiger charge is -2.44. The van der Waals surface area contributed by atoms with Crippen molar-refractivity contribution >= 4 is 52.3 Å². The maximum atomic E-state index is 14.1. The fourth-order valence-electron chi connectivity index (χ4n) is 7.56. The second-order valence-electron chi connectivity index (χ2n) is 13.3. The van der Waals surface area contributed by atoms with Gasteiger partial charge in [0.25, 0.3) is 0 Å². The van der Waals surface area contributed by atoms with Crippen LogP contribution in [0.25, 0.3) is 0 Å². The summed E-state index contributed by atoms with van der Waals surface area (Å²) >= 11 is 1.71. The number of aliphatic hydroxyl groups excluding tert-OH is 1. The Morgan fingerprint density at radius 1 is 1.09 bits per heavy atom. The number of esters is 2. The van der Waals surface area contributed by atoms with Crippen molar-refractivity contribution in [3.8, 4) is 0 Å².